The Balaban J connectivity index is 2.05. The minimum atomic E-state index is -0.514. The van der Waals surface area contributed by atoms with E-state index in [1.165, 1.54) is 12.1 Å². The molecule has 0 bridgehead atoms. The number of halogens is 2. The van der Waals surface area contributed by atoms with Crippen molar-refractivity contribution < 1.29 is 9.18 Å². The van der Waals surface area contributed by atoms with Crippen molar-refractivity contribution in [2.24, 2.45) is 0 Å². The van der Waals surface area contributed by atoms with Crippen LogP contribution in [-0.4, -0.2) is 6.03 Å². The van der Waals surface area contributed by atoms with Crippen molar-refractivity contribution in [2.45, 2.75) is 0 Å². The third kappa shape index (κ3) is 3.59. The molecule has 0 spiro atoms. The van der Waals surface area contributed by atoms with Crippen LogP contribution in [0, 0.1) is 5.82 Å². The number of hydrogen-bond donors (Lipinski definition) is 3. The van der Waals surface area contributed by atoms with E-state index in [0.29, 0.717) is 10.7 Å². The maximum absolute atomic E-state index is 13.0. The Bertz CT molecular complexity index is 601. The monoisotopic (exact) mass is 279 g/mol. The van der Waals surface area contributed by atoms with Crippen molar-refractivity contribution in [3.8, 4) is 0 Å². The Kier molecular flexibility index (Phi) is 3.87. The van der Waals surface area contributed by atoms with E-state index in [9.17, 15) is 9.18 Å². The molecule has 2 amide bonds. The second-order valence-corrected chi connectivity index (χ2v) is 4.25. The SMILES string of the molecule is Nc1ccc(F)cc1NC(=O)Nc1ccc(Cl)cc1. The van der Waals surface area contributed by atoms with Crippen LogP contribution in [0.1, 0.15) is 0 Å². The molecule has 0 unspecified atom stereocenters. The van der Waals surface area contributed by atoms with E-state index in [2.05, 4.69) is 10.6 Å². The third-order valence-electron chi connectivity index (χ3n) is 2.37. The van der Waals surface area contributed by atoms with Crippen LogP contribution in [0.5, 0.6) is 0 Å². The van der Waals surface area contributed by atoms with Gasteiger partial charge in [-0.1, -0.05) is 11.6 Å². The van der Waals surface area contributed by atoms with Crippen LogP contribution in [0.15, 0.2) is 42.5 Å². The first kappa shape index (κ1) is 13.2. The van der Waals surface area contributed by atoms with Crippen LogP contribution >= 0.6 is 11.6 Å². The Hall–Kier alpha value is -2.27. The summed E-state index contributed by atoms with van der Waals surface area (Å²) in [5.74, 6) is -0.476. The normalized spacial score (nSPS) is 10.0. The lowest BCUT2D eigenvalue weighted by Gasteiger charge is -2.09. The third-order valence-corrected chi connectivity index (χ3v) is 2.62. The molecule has 19 heavy (non-hydrogen) atoms. The summed E-state index contributed by atoms with van der Waals surface area (Å²) in [6, 6.07) is 9.83. The molecule has 0 radical (unpaired) electrons. The van der Waals surface area contributed by atoms with Crippen LogP contribution in [0.2, 0.25) is 5.02 Å². The number of nitrogens with two attached hydrogens (primary N) is 1. The van der Waals surface area contributed by atoms with Crippen molar-refractivity contribution in [1.29, 1.82) is 0 Å². The molecule has 0 fully saturated rings. The minimum Gasteiger partial charge on any atom is -0.397 e. The van der Waals surface area contributed by atoms with E-state index >= 15 is 0 Å². The molecule has 6 heteroatoms. The number of urea groups is 1. The van der Waals surface area contributed by atoms with E-state index in [1.54, 1.807) is 24.3 Å². The molecule has 0 atom stereocenters. The topological polar surface area (TPSA) is 67.1 Å². The van der Waals surface area contributed by atoms with Gasteiger partial charge >= 0.3 is 6.03 Å². The standard InChI is InChI=1S/C13H11ClFN3O/c14-8-1-4-10(5-2-8)17-13(19)18-12-7-9(15)3-6-11(12)16/h1-7H,16H2,(H2,17,18,19). The van der Waals surface area contributed by atoms with Crippen LogP contribution < -0.4 is 16.4 Å². The molecule has 0 aliphatic carbocycles. The summed E-state index contributed by atoms with van der Waals surface area (Å²) in [5, 5.41) is 5.61. The number of anilines is 3. The number of nitrogens with one attached hydrogen (secondary N) is 2. The van der Waals surface area contributed by atoms with Gasteiger partial charge in [-0.25, -0.2) is 9.18 Å². The molecule has 0 saturated heterocycles. The highest BCUT2D eigenvalue weighted by Gasteiger charge is 2.06. The molecule has 98 valence electrons. The predicted octanol–water partition coefficient (Wildman–Crippen LogP) is 3.71. The van der Waals surface area contributed by atoms with Gasteiger partial charge in [-0.05, 0) is 42.5 Å². The molecule has 4 nitrogen and oxygen atoms in total. The number of amides is 2. The molecular weight excluding hydrogens is 269 g/mol. The van der Waals surface area contributed by atoms with Gasteiger partial charge in [0.05, 0.1) is 11.4 Å². The smallest absolute Gasteiger partial charge is 0.323 e. The maximum Gasteiger partial charge on any atom is 0.323 e. The fraction of sp³-hybridized carbons (Fsp3) is 0. The van der Waals surface area contributed by atoms with Gasteiger partial charge in [0, 0.05) is 10.7 Å². The lowest BCUT2D eigenvalue weighted by molar-refractivity contribution is 0.262. The van der Waals surface area contributed by atoms with Crippen molar-refractivity contribution in [3.63, 3.8) is 0 Å². The van der Waals surface area contributed by atoms with Gasteiger partial charge in [0.15, 0.2) is 0 Å². The fourth-order valence-electron chi connectivity index (χ4n) is 1.45. The zero-order valence-electron chi connectivity index (χ0n) is 9.78. The van der Waals surface area contributed by atoms with E-state index in [1.807, 2.05) is 0 Å². The van der Waals surface area contributed by atoms with Crippen LogP contribution in [-0.2, 0) is 0 Å². The van der Waals surface area contributed by atoms with Crippen LogP contribution in [0.3, 0.4) is 0 Å². The van der Waals surface area contributed by atoms with E-state index in [4.69, 9.17) is 17.3 Å². The summed E-state index contributed by atoms with van der Waals surface area (Å²) in [6.45, 7) is 0. The average Bonchev–Trinajstić information content (AvgIpc) is 2.37. The zero-order chi connectivity index (χ0) is 13.8. The first-order chi connectivity index (χ1) is 9.04. The number of nitrogen functional groups attached to an aromatic ring is 1. The summed E-state index contributed by atoms with van der Waals surface area (Å²) in [5.41, 5.74) is 6.69. The summed E-state index contributed by atoms with van der Waals surface area (Å²) in [7, 11) is 0. The summed E-state index contributed by atoms with van der Waals surface area (Å²) < 4.78 is 13.0. The Labute approximate surface area is 114 Å². The molecular formula is C13H11ClFN3O. The van der Waals surface area contributed by atoms with Crippen molar-refractivity contribution in [2.75, 3.05) is 16.4 Å². The molecule has 0 aromatic heterocycles. The van der Waals surface area contributed by atoms with Gasteiger partial charge in [-0.3, -0.25) is 0 Å². The number of hydrogen-bond acceptors (Lipinski definition) is 2. The molecule has 2 aromatic rings. The largest absolute Gasteiger partial charge is 0.397 e. The first-order valence-corrected chi connectivity index (χ1v) is 5.81. The lowest BCUT2D eigenvalue weighted by Crippen LogP contribution is -2.20. The summed E-state index contributed by atoms with van der Waals surface area (Å²) >= 11 is 5.73. The van der Waals surface area contributed by atoms with Crippen molar-refractivity contribution >= 4 is 34.7 Å². The zero-order valence-corrected chi connectivity index (χ0v) is 10.5. The lowest BCUT2D eigenvalue weighted by atomic mass is 10.2. The van der Waals surface area contributed by atoms with Gasteiger partial charge < -0.3 is 16.4 Å². The van der Waals surface area contributed by atoms with E-state index in [0.717, 1.165) is 6.07 Å². The first-order valence-electron chi connectivity index (χ1n) is 5.43. The van der Waals surface area contributed by atoms with Gasteiger partial charge in [-0.2, -0.15) is 0 Å². The number of carbonyl (C=O) groups excluding carboxylic acids is 1. The Morgan fingerprint density at radius 2 is 1.79 bits per heavy atom. The Morgan fingerprint density at radius 3 is 2.47 bits per heavy atom. The predicted molar refractivity (Wildman–Crippen MR) is 74.9 cm³/mol. The highest BCUT2D eigenvalue weighted by molar-refractivity contribution is 6.30. The van der Waals surface area contributed by atoms with E-state index < -0.39 is 11.8 Å². The fourth-order valence-corrected chi connectivity index (χ4v) is 1.58. The molecule has 4 N–H and O–H groups in total. The van der Waals surface area contributed by atoms with Crippen molar-refractivity contribution in [1.82, 2.24) is 0 Å². The number of carbonyl (C=O) groups is 1. The van der Waals surface area contributed by atoms with E-state index in [-0.39, 0.29) is 11.4 Å². The number of benzene rings is 2. The molecule has 0 aliphatic rings. The van der Waals surface area contributed by atoms with Gasteiger partial charge in [0.1, 0.15) is 5.82 Å². The van der Waals surface area contributed by atoms with Gasteiger partial charge in [0.25, 0.3) is 0 Å². The second-order valence-electron chi connectivity index (χ2n) is 3.82. The molecule has 0 saturated carbocycles. The highest BCUT2D eigenvalue weighted by Crippen LogP contribution is 2.20. The van der Waals surface area contributed by atoms with Gasteiger partial charge in [-0.15, -0.1) is 0 Å². The quantitative estimate of drug-likeness (QED) is 0.734. The summed E-state index contributed by atoms with van der Waals surface area (Å²) in [6.07, 6.45) is 0. The molecule has 2 aromatic carbocycles. The highest BCUT2D eigenvalue weighted by atomic mass is 35.5. The van der Waals surface area contributed by atoms with Crippen LogP contribution in [0.4, 0.5) is 26.2 Å². The van der Waals surface area contributed by atoms with Crippen molar-refractivity contribution in [3.05, 3.63) is 53.3 Å². The molecule has 0 heterocycles. The van der Waals surface area contributed by atoms with Crippen LogP contribution in [0.25, 0.3) is 0 Å². The number of rotatable bonds is 2. The van der Waals surface area contributed by atoms with Gasteiger partial charge in [0.2, 0.25) is 0 Å². The average molecular weight is 280 g/mol. The maximum atomic E-state index is 13.0. The minimum absolute atomic E-state index is 0.214. The molecule has 2 rings (SSSR count). The Morgan fingerprint density at radius 1 is 1.11 bits per heavy atom. The summed E-state index contributed by atoms with van der Waals surface area (Å²) in [4.78, 5) is 11.7. The second kappa shape index (κ2) is 5.58. The molecule has 0 aliphatic heterocycles.